The van der Waals surface area contributed by atoms with Gasteiger partial charge in [0.05, 0.1) is 19.8 Å². The van der Waals surface area contributed by atoms with Gasteiger partial charge in [-0.25, -0.2) is 4.79 Å². The van der Waals surface area contributed by atoms with Crippen molar-refractivity contribution >= 4 is 11.9 Å². The molecule has 1 heterocycles. The number of methoxy groups -OCH3 is 2. The summed E-state index contributed by atoms with van der Waals surface area (Å²) < 4.78 is 23.4. The number of fused-ring (bicyclic) bond motifs is 1. The van der Waals surface area contributed by atoms with Gasteiger partial charge < -0.3 is 24.1 Å². The number of carbonyl (C=O) groups excluding carboxylic acids is 1. The number of esters is 1. The van der Waals surface area contributed by atoms with Crippen molar-refractivity contribution in [2.24, 2.45) is 11.3 Å². The van der Waals surface area contributed by atoms with Gasteiger partial charge in [0.2, 0.25) is 5.75 Å². The van der Waals surface area contributed by atoms with Crippen LogP contribution in [0.15, 0.2) is 30.3 Å². The predicted molar refractivity (Wildman–Crippen MR) is 124 cm³/mol. The molecule has 2 aromatic carbocycles. The zero-order valence-corrected chi connectivity index (χ0v) is 19.6. The summed E-state index contributed by atoms with van der Waals surface area (Å²) >= 11 is 0. The van der Waals surface area contributed by atoms with Crippen molar-refractivity contribution in [2.45, 2.75) is 57.7 Å². The highest BCUT2D eigenvalue weighted by Gasteiger charge is 2.55. The maximum atomic E-state index is 12.5. The zero-order chi connectivity index (χ0) is 23.9. The van der Waals surface area contributed by atoms with Crippen molar-refractivity contribution < 1.29 is 33.6 Å². The molecule has 0 bridgehead atoms. The summed E-state index contributed by atoms with van der Waals surface area (Å²) in [6, 6.07) is 9.19. The van der Waals surface area contributed by atoms with E-state index in [9.17, 15) is 14.7 Å². The summed E-state index contributed by atoms with van der Waals surface area (Å²) in [4.78, 5) is 24.7. The van der Waals surface area contributed by atoms with Gasteiger partial charge in [0.1, 0.15) is 18.1 Å². The van der Waals surface area contributed by atoms with Crippen LogP contribution in [-0.2, 0) is 16.1 Å². The molecule has 1 N–H and O–H groups in total. The average molecular weight is 467 g/mol. The van der Waals surface area contributed by atoms with E-state index in [4.69, 9.17) is 18.9 Å². The van der Waals surface area contributed by atoms with Crippen LogP contribution in [0.3, 0.4) is 0 Å². The van der Waals surface area contributed by atoms with Crippen LogP contribution in [-0.4, -0.2) is 37.4 Å². The van der Waals surface area contributed by atoms with Gasteiger partial charge in [-0.15, -0.1) is 0 Å². The first-order valence-corrected chi connectivity index (χ1v) is 11.9. The number of cyclic esters (lactones) is 1. The number of benzene rings is 2. The monoisotopic (exact) mass is 466 g/mol. The van der Waals surface area contributed by atoms with E-state index in [1.807, 2.05) is 18.2 Å². The third-order valence-electron chi connectivity index (χ3n) is 7.82. The lowest BCUT2D eigenvalue weighted by Gasteiger charge is -2.46. The van der Waals surface area contributed by atoms with E-state index < -0.39 is 17.5 Å². The number of carboxylic acid groups (broad SMARTS) is 1. The topological polar surface area (TPSA) is 91.3 Å². The van der Waals surface area contributed by atoms with Crippen molar-refractivity contribution in [2.75, 3.05) is 14.2 Å². The molecule has 1 atom stereocenters. The molecule has 180 valence electrons. The Morgan fingerprint density at radius 2 is 1.74 bits per heavy atom. The van der Waals surface area contributed by atoms with Crippen molar-refractivity contribution in [3.8, 4) is 28.4 Å². The lowest BCUT2D eigenvalue weighted by Crippen LogP contribution is -2.53. The third kappa shape index (κ3) is 3.49. The molecule has 2 fully saturated rings. The van der Waals surface area contributed by atoms with Crippen LogP contribution >= 0.6 is 0 Å². The molecule has 2 aliphatic carbocycles. The first-order valence-electron chi connectivity index (χ1n) is 11.9. The van der Waals surface area contributed by atoms with Crippen molar-refractivity contribution in [3.05, 3.63) is 41.5 Å². The van der Waals surface area contributed by atoms with E-state index >= 15 is 0 Å². The average Bonchev–Trinajstić information content (AvgIpc) is 3.47. The molecule has 1 aliphatic heterocycles. The number of hydrogen-bond donors (Lipinski definition) is 1. The Morgan fingerprint density at radius 3 is 2.35 bits per heavy atom. The minimum atomic E-state index is -0.905. The number of hydrogen-bond acceptors (Lipinski definition) is 6. The Hall–Kier alpha value is -3.22. The second kappa shape index (κ2) is 8.85. The molecule has 0 spiro atoms. The van der Waals surface area contributed by atoms with Gasteiger partial charge in [-0.2, -0.15) is 0 Å². The zero-order valence-electron chi connectivity index (χ0n) is 19.6. The molecule has 1 unspecified atom stereocenters. The van der Waals surface area contributed by atoms with E-state index in [0.717, 1.165) is 48.8 Å². The molecule has 7 nitrogen and oxygen atoms in total. The lowest BCUT2D eigenvalue weighted by atomic mass is 9.62. The van der Waals surface area contributed by atoms with E-state index in [1.165, 1.54) is 0 Å². The van der Waals surface area contributed by atoms with Crippen LogP contribution in [0, 0.1) is 11.3 Å². The first-order chi connectivity index (χ1) is 16.5. The Morgan fingerprint density at radius 1 is 1.00 bits per heavy atom. The maximum absolute atomic E-state index is 12.5. The minimum Gasteiger partial charge on any atom is -0.493 e. The van der Waals surface area contributed by atoms with Crippen LogP contribution in [0.1, 0.15) is 60.9 Å². The van der Waals surface area contributed by atoms with Crippen molar-refractivity contribution in [1.82, 2.24) is 0 Å². The van der Waals surface area contributed by atoms with Gasteiger partial charge in [0.25, 0.3) is 0 Å². The SMILES string of the molecule is COc1ccc(-c2cccc3c2COC3=O)c(OC(C2CCCC2)C2(C(=O)O)CCC2)c1OC. The van der Waals surface area contributed by atoms with Gasteiger partial charge in [0.15, 0.2) is 11.5 Å². The highest BCUT2D eigenvalue weighted by Crippen LogP contribution is 2.54. The maximum Gasteiger partial charge on any atom is 0.338 e. The molecular formula is C27H30O7. The lowest BCUT2D eigenvalue weighted by molar-refractivity contribution is -0.167. The number of carboxylic acids is 1. The number of ether oxygens (including phenoxy) is 4. The van der Waals surface area contributed by atoms with Gasteiger partial charge in [0, 0.05) is 11.1 Å². The molecule has 3 aliphatic rings. The van der Waals surface area contributed by atoms with Crippen LogP contribution in [0.25, 0.3) is 11.1 Å². The normalized spacial score (nSPS) is 19.6. The molecule has 5 rings (SSSR count). The summed E-state index contributed by atoms with van der Waals surface area (Å²) in [5.41, 5.74) is 1.96. The smallest absolute Gasteiger partial charge is 0.338 e. The largest absolute Gasteiger partial charge is 0.493 e. The number of carbonyl (C=O) groups is 2. The van der Waals surface area contributed by atoms with E-state index in [-0.39, 0.29) is 18.5 Å². The molecule has 0 saturated heterocycles. The highest BCUT2D eigenvalue weighted by atomic mass is 16.5. The molecule has 7 heteroatoms. The summed E-state index contributed by atoms with van der Waals surface area (Å²) in [5, 5.41) is 10.3. The van der Waals surface area contributed by atoms with Crippen LogP contribution < -0.4 is 14.2 Å². The van der Waals surface area contributed by atoms with Crippen LogP contribution in [0.5, 0.6) is 17.2 Å². The van der Waals surface area contributed by atoms with E-state index in [1.54, 1.807) is 26.4 Å². The summed E-state index contributed by atoms with van der Waals surface area (Å²) in [6.45, 7) is 0.184. The van der Waals surface area contributed by atoms with Crippen molar-refractivity contribution in [1.29, 1.82) is 0 Å². The second-order valence-corrected chi connectivity index (χ2v) is 9.48. The fourth-order valence-electron chi connectivity index (χ4n) is 5.85. The number of rotatable bonds is 8. The molecule has 0 aromatic heterocycles. The van der Waals surface area contributed by atoms with Gasteiger partial charge >= 0.3 is 11.9 Å². The van der Waals surface area contributed by atoms with E-state index in [2.05, 4.69) is 0 Å². The fraction of sp³-hybridized carbons (Fsp3) is 0.481. The van der Waals surface area contributed by atoms with Gasteiger partial charge in [-0.1, -0.05) is 31.4 Å². The summed E-state index contributed by atoms with van der Waals surface area (Å²) in [5.74, 6) is 0.405. The molecule has 0 radical (unpaired) electrons. The fourth-order valence-corrected chi connectivity index (χ4v) is 5.85. The Balaban J connectivity index is 1.67. The predicted octanol–water partition coefficient (Wildman–Crippen LogP) is 5.23. The molecule has 0 amide bonds. The molecule has 2 saturated carbocycles. The Labute approximate surface area is 199 Å². The molecule has 34 heavy (non-hydrogen) atoms. The quantitative estimate of drug-likeness (QED) is 0.533. The third-order valence-corrected chi connectivity index (χ3v) is 7.82. The van der Waals surface area contributed by atoms with Crippen LogP contribution in [0.4, 0.5) is 0 Å². The first kappa shape index (κ1) is 22.6. The Bertz CT molecular complexity index is 1110. The van der Waals surface area contributed by atoms with Gasteiger partial charge in [-0.05, 0) is 55.4 Å². The van der Waals surface area contributed by atoms with Crippen LogP contribution in [0.2, 0.25) is 0 Å². The summed E-state index contributed by atoms with van der Waals surface area (Å²) in [7, 11) is 3.12. The van der Waals surface area contributed by atoms with E-state index in [0.29, 0.717) is 35.7 Å². The minimum absolute atomic E-state index is 0.159. The standard InChI is InChI=1S/C27H30O7/c1-31-21-12-11-18(17-9-5-10-19-20(17)15-33-25(19)28)22(23(21)32-2)34-24(16-7-3-4-8-16)27(26(29)30)13-6-14-27/h5,9-12,16,24H,3-4,6-8,13-15H2,1-2H3,(H,29,30). The van der Waals surface area contributed by atoms with Gasteiger partial charge in [-0.3, -0.25) is 4.79 Å². The van der Waals surface area contributed by atoms with Crippen molar-refractivity contribution in [3.63, 3.8) is 0 Å². The number of aliphatic carboxylic acids is 1. The highest BCUT2D eigenvalue weighted by molar-refractivity contribution is 5.96. The second-order valence-electron chi connectivity index (χ2n) is 9.48. The summed E-state index contributed by atoms with van der Waals surface area (Å²) in [6.07, 6.45) is 5.67. The Kier molecular flexibility index (Phi) is 5.88. The molecule has 2 aromatic rings. The molecular weight excluding hydrogens is 436 g/mol.